The van der Waals surface area contributed by atoms with Gasteiger partial charge in [0.05, 0.1) is 49.3 Å². The van der Waals surface area contributed by atoms with Crippen molar-refractivity contribution in [2.75, 3.05) is 54.5 Å². The Morgan fingerprint density at radius 2 is 1.91 bits per heavy atom. The van der Waals surface area contributed by atoms with Crippen LogP contribution in [0.2, 0.25) is 0 Å². The molecule has 2 atom stereocenters. The molecule has 236 valence electrons. The Morgan fingerprint density at radius 1 is 1.16 bits per heavy atom. The molecule has 2 aliphatic rings. The van der Waals surface area contributed by atoms with Crippen LogP contribution < -0.4 is 20.7 Å². The van der Waals surface area contributed by atoms with Gasteiger partial charge in [-0.25, -0.2) is 10.1 Å². The second-order valence-electron chi connectivity index (χ2n) is 10.3. The third-order valence-electron chi connectivity index (χ3n) is 7.13. The van der Waals surface area contributed by atoms with Crippen molar-refractivity contribution in [3.8, 4) is 0 Å². The summed E-state index contributed by atoms with van der Waals surface area (Å²) >= 11 is 0. The number of carbonyl (C=O) groups is 2. The van der Waals surface area contributed by atoms with E-state index < -0.39 is 52.7 Å². The van der Waals surface area contributed by atoms with E-state index in [1.54, 1.807) is 10.00 Å². The first-order valence-electron chi connectivity index (χ1n) is 13.6. The van der Waals surface area contributed by atoms with Gasteiger partial charge in [0.2, 0.25) is 5.91 Å². The number of ether oxygens (including phenoxy) is 1. The number of hydrogen-bond acceptors (Lipinski definition) is 8. The summed E-state index contributed by atoms with van der Waals surface area (Å²) in [5, 5.41) is 7.69. The van der Waals surface area contributed by atoms with Crippen LogP contribution in [-0.2, 0) is 26.7 Å². The van der Waals surface area contributed by atoms with Gasteiger partial charge in [-0.1, -0.05) is 13.3 Å². The maximum atomic E-state index is 13.5. The average molecular weight is 620 g/mol. The maximum Gasteiger partial charge on any atom is 0.423 e. The Balaban J connectivity index is 1.35. The molecule has 2 aliphatic heterocycles. The van der Waals surface area contributed by atoms with Crippen LogP contribution >= 0.6 is 0 Å². The molecule has 0 bridgehead atoms. The third kappa shape index (κ3) is 7.19. The largest absolute Gasteiger partial charge is 0.423 e. The number of rotatable bonds is 10. The highest BCUT2D eigenvalue weighted by atomic mass is 19.4. The highest BCUT2D eigenvalue weighted by Gasteiger charge is 2.44. The fourth-order valence-corrected chi connectivity index (χ4v) is 5.01. The number of unbranched alkanes of at least 4 members (excludes halogenated alkanes) is 1. The number of aromatic nitrogens is 3. The molecule has 0 aromatic carbocycles. The van der Waals surface area contributed by atoms with Gasteiger partial charge in [-0.05, 0) is 19.4 Å². The van der Waals surface area contributed by atoms with Crippen LogP contribution in [0.1, 0.15) is 44.2 Å². The highest BCUT2D eigenvalue weighted by molar-refractivity contribution is 6.05. The summed E-state index contributed by atoms with van der Waals surface area (Å²) in [7, 11) is 0. The fraction of sp³-hybridized carbons (Fsp3) is 0.577. The van der Waals surface area contributed by atoms with Crippen molar-refractivity contribution in [2.45, 2.75) is 57.5 Å². The molecule has 0 saturated carbocycles. The molecule has 4 heterocycles. The molecule has 2 amide bonds. The van der Waals surface area contributed by atoms with Crippen LogP contribution in [0.15, 0.2) is 23.3 Å². The molecule has 1 fully saturated rings. The van der Waals surface area contributed by atoms with Gasteiger partial charge >= 0.3 is 12.4 Å². The molecule has 17 heteroatoms. The van der Waals surface area contributed by atoms with E-state index in [0.29, 0.717) is 12.8 Å². The van der Waals surface area contributed by atoms with Crippen molar-refractivity contribution in [2.24, 2.45) is 0 Å². The molecule has 0 aliphatic carbocycles. The number of H-pyrrole nitrogens is 1. The number of nitrogens with one attached hydrogen (secondary N) is 2. The summed E-state index contributed by atoms with van der Waals surface area (Å²) in [6, 6.07) is -0.544. The lowest BCUT2D eigenvalue weighted by atomic mass is 10.0. The van der Waals surface area contributed by atoms with Crippen LogP contribution in [-0.4, -0.2) is 83.4 Å². The number of amides is 2. The zero-order valence-corrected chi connectivity index (χ0v) is 23.4. The normalized spacial score (nSPS) is 17.9. The second kappa shape index (κ2) is 12.8. The summed E-state index contributed by atoms with van der Waals surface area (Å²) in [6.45, 7) is 3.89. The minimum atomic E-state index is -4.90. The SMILES string of the molecule is CCCCN1C(=O)[C@@H]2CN(C(=O)CCOC[C@H](C)Nc3cn[nH]c(=O)c3C(F)(F)F)CCN2c2ncc(C(F)(F)F)cc21. The van der Waals surface area contributed by atoms with Gasteiger partial charge in [0, 0.05) is 31.9 Å². The summed E-state index contributed by atoms with van der Waals surface area (Å²) in [4.78, 5) is 46.5. The number of pyridine rings is 1. The van der Waals surface area contributed by atoms with E-state index in [4.69, 9.17) is 4.74 Å². The molecule has 2 aromatic heterocycles. The van der Waals surface area contributed by atoms with Crippen molar-refractivity contribution in [1.29, 1.82) is 0 Å². The smallest absolute Gasteiger partial charge is 0.379 e. The number of halogens is 6. The van der Waals surface area contributed by atoms with Crippen molar-refractivity contribution in [3.05, 3.63) is 39.9 Å². The Hall–Kier alpha value is -3.89. The lowest BCUT2D eigenvalue weighted by Crippen LogP contribution is -2.64. The zero-order valence-electron chi connectivity index (χ0n) is 23.4. The van der Waals surface area contributed by atoms with E-state index in [1.165, 1.54) is 16.7 Å². The molecular weight excluding hydrogens is 588 g/mol. The van der Waals surface area contributed by atoms with Crippen molar-refractivity contribution < 1.29 is 40.7 Å². The van der Waals surface area contributed by atoms with Crippen LogP contribution in [0, 0.1) is 0 Å². The van der Waals surface area contributed by atoms with Gasteiger partial charge in [-0.2, -0.15) is 31.4 Å². The number of alkyl halides is 6. The van der Waals surface area contributed by atoms with Crippen LogP contribution in [0.4, 0.5) is 43.5 Å². The molecule has 1 saturated heterocycles. The van der Waals surface area contributed by atoms with E-state index in [2.05, 4.69) is 15.4 Å². The molecule has 0 radical (unpaired) electrons. The first-order chi connectivity index (χ1) is 20.2. The van der Waals surface area contributed by atoms with E-state index in [9.17, 15) is 40.7 Å². The minimum Gasteiger partial charge on any atom is -0.379 e. The quantitative estimate of drug-likeness (QED) is 0.307. The highest BCUT2D eigenvalue weighted by Crippen LogP contribution is 2.40. The predicted molar refractivity (Wildman–Crippen MR) is 143 cm³/mol. The van der Waals surface area contributed by atoms with Crippen LogP contribution in [0.3, 0.4) is 0 Å². The monoisotopic (exact) mass is 619 g/mol. The van der Waals surface area contributed by atoms with Gasteiger partial charge < -0.3 is 24.8 Å². The van der Waals surface area contributed by atoms with E-state index in [-0.39, 0.29) is 63.2 Å². The summed E-state index contributed by atoms with van der Waals surface area (Å²) in [5.41, 5.74) is -4.15. The molecule has 0 spiro atoms. The molecule has 11 nitrogen and oxygen atoms in total. The number of aromatic amines is 1. The van der Waals surface area contributed by atoms with Gasteiger partial charge in [0.15, 0.2) is 5.82 Å². The fourth-order valence-electron chi connectivity index (χ4n) is 5.01. The van der Waals surface area contributed by atoms with Crippen LogP contribution in [0.25, 0.3) is 0 Å². The van der Waals surface area contributed by atoms with Gasteiger partial charge in [-0.3, -0.25) is 14.4 Å². The lowest BCUT2D eigenvalue weighted by Gasteiger charge is -2.47. The number of fused-ring (bicyclic) bond motifs is 3. The van der Waals surface area contributed by atoms with Gasteiger partial charge in [-0.15, -0.1) is 0 Å². The third-order valence-corrected chi connectivity index (χ3v) is 7.13. The summed E-state index contributed by atoms with van der Waals surface area (Å²) in [5.74, 6) is -0.476. The second-order valence-corrected chi connectivity index (χ2v) is 10.3. The molecule has 2 N–H and O–H groups in total. The molecule has 43 heavy (non-hydrogen) atoms. The Morgan fingerprint density at radius 3 is 2.58 bits per heavy atom. The van der Waals surface area contributed by atoms with Crippen LogP contribution in [0.5, 0.6) is 0 Å². The van der Waals surface area contributed by atoms with E-state index in [1.807, 2.05) is 6.92 Å². The first-order valence-corrected chi connectivity index (χ1v) is 13.6. The van der Waals surface area contributed by atoms with Gasteiger partial charge in [0.1, 0.15) is 11.6 Å². The summed E-state index contributed by atoms with van der Waals surface area (Å²) < 4.78 is 85.3. The van der Waals surface area contributed by atoms with Crippen molar-refractivity contribution >= 4 is 29.0 Å². The topological polar surface area (TPSA) is 124 Å². The predicted octanol–water partition coefficient (Wildman–Crippen LogP) is 3.27. The average Bonchev–Trinajstić information content (AvgIpc) is 2.93. The molecule has 2 aromatic rings. The number of piperazine rings is 1. The first kappa shape index (κ1) is 32.0. The molecule has 0 unspecified atom stereocenters. The summed E-state index contributed by atoms with van der Waals surface area (Å²) in [6.07, 6.45) is -6.72. The Labute approximate surface area is 242 Å². The Bertz CT molecular complexity index is 1380. The van der Waals surface area contributed by atoms with Crippen molar-refractivity contribution in [1.82, 2.24) is 20.1 Å². The minimum absolute atomic E-state index is 0.0101. The maximum absolute atomic E-state index is 13.5. The van der Waals surface area contributed by atoms with E-state index >= 15 is 0 Å². The van der Waals surface area contributed by atoms with Gasteiger partial charge in [0.25, 0.3) is 11.5 Å². The Kier molecular flexibility index (Phi) is 9.51. The van der Waals surface area contributed by atoms with E-state index in [0.717, 1.165) is 18.5 Å². The zero-order chi connectivity index (χ0) is 31.5. The number of anilines is 3. The number of carbonyl (C=O) groups excluding carboxylic acids is 2. The number of nitrogens with zero attached hydrogens (tertiary/aromatic N) is 5. The number of hydrogen-bond donors (Lipinski definition) is 2. The molecular formula is C26H31F6N7O4. The standard InChI is InChI=1S/C26H31F6N7O4/c1-3-4-6-39-18-10-16(25(27,28)29)11-33-22(18)38-8-7-37(13-19(38)24(39)42)20(40)5-9-43-14-15(2)35-17-12-34-36-23(41)21(17)26(30,31)32/h10-12,15,19H,3-9,13-14H2,1-2H3,(H2,35,36,41)/t15-,19-/m0/s1. The molecule has 4 rings (SSSR count). The van der Waals surface area contributed by atoms with Crippen molar-refractivity contribution in [3.63, 3.8) is 0 Å². The lowest BCUT2D eigenvalue weighted by molar-refractivity contribution is -0.138.